The summed E-state index contributed by atoms with van der Waals surface area (Å²) in [4.78, 5) is 33.3. The monoisotopic (exact) mass is 491 g/mol. The van der Waals surface area contributed by atoms with E-state index in [4.69, 9.17) is 9.47 Å². The molecule has 2 aliphatic rings. The zero-order valence-electron chi connectivity index (χ0n) is 19.2. The molecule has 0 aliphatic carbocycles. The molecule has 2 aromatic rings. The average molecular weight is 492 g/mol. The molecule has 2 fully saturated rings. The van der Waals surface area contributed by atoms with Crippen molar-refractivity contribution in [2.24, 2.45) is 5.92 Å². The van der Waals surface area contributed by atoms with Gasteiger partial charge in [-0.05, 0) is 54.7 Å². The van der Waals surface area contributed by atoms with E-state index >= 15 is 0 Å². The first-order valence-corrected chi connectivity index (χ1v) is 11.6. The number of pyridine rings is 1. The van der Waals surface area contributed by atoms with Gasteiger partial charge in [0.15, 0.2) is 0 Å². The second-order valence-corrected chi connectivity index (χ2v) is 8.91. The van der Waals surface area contributed by atoms with Crippen LogP contribution in [0, 0.1) is 5.92 Å². The van der Waals surface area contributed by atoms with Crippen LogP contribution in [0.2, 0.25) is 0 Å². The van der Waals surface area contributed by atoms with E-state index in [2.05, 4.69) is 4.98 Å². The maximum atomic E-state index is 13.2. The maximum absolute atomic E-state index is 13.2. The molecule has 1 aromatic heterocycles. The third-order valence-electron chi connectivity index (χ3n) is 6.31. The van der Waals surface area contributed by atoms with Crippen LogP contribution in [0.25, 0.3) is 0 Å². The van der Waals surface area contributed by atoms with Crippen LogP contribution in [0.3, 0.4) is 0 Å². The van der Waals surface area contributed by atoms with Crippen LogP contribution < -0.4 is 0 Å². The van der Waals surface area contributed by atoms with Crippen LogP contribution in [0.15, 0.2) is 48.8 Å². The zero-order valence-corrected chi connectivity index (χ0v) is 19.2. The third-order valence-corrected chi connectivity index (χ3v) is 6.31. The molecule has 2 saturated heterocycles. The van der Waals surface area contributed by atoms with Crippen molar-refractivity contribution < 1.29 is 32.2 Å². The topological polar surface area (TPSA) is 72.0 Å². The summed E-state index contributed by atoms with van der Waals surface area (Å²) >= 11 is 0. The van der Waals surface area contributed by atoms with Gasteiger partial charge in [0, 0.05) is 50.8 Å². The van der Waals surface area contributed by atoms with Crippen LogP contribution in [-0.2, 0) is 27.1 Å². The van der Waals surface area contributed by atoms with Gasteiger partial charge >= 0.3 is 6.18 Å². The predicted octanol–water partition coefficient (Wildman–Crippen LogP) is 3.40. The Morgan fingerprint density at radius 3 is 2.57 bits per heavy atom. The Kier molecular flexibility index (Phi) is 8.02. The van der Waals surface area contributed by atoms with E-state index in [0.717, 1.165) is 30.5 Å². The molecular weight excluding hydrogens is 463 g/mol. The van der Waals surface area contributed by atoms with Crippen molar-refractivity contribution in [3.63, 3.8) is 0 Å². The highest BCUT2D eigenvalue weighted by molar-refractivity contribution is 5.97. The van der Waals surface area contributed by atoms with Gasteiger partial charge in [-0.3, -0.25) is 14.6 Å². The number of ether oxygens (including phenoxy) is 2. The first-order valence-electron chi connectivity index (χ1n) is 11.6. The number of nitrogens with zero attached hydrogens (tertiary/aromatic N) is 3. The molecule has 188 valence electrons. The van der Waals surface area contributed by atoms with E-state index in [9.17, 15) is 22.8 Å². The second-order valence-electron chi connectivity index (χ2n) is 8.91. The molecule has 10 heteroatoms. The lowest BCUT2D eigenvalue weighted by Crippen LogP contribution is -2.42. The van der Waals surface area contributed by atoms with Gasteiger partial charge in [0.2, 0.25) is 5.91 Å². The summed E-state index contributed by atoms with van der Waals surface area (Å²) in [6.07, 6.45) is -0.0730. The molecule has 1 aromatic carbocycles. The molecule has 1 unspecified atom stereocenters. The predicted molar refractivity (Wildman–Crippen MR) is 120 cm³/mol. The summed E-state index contributed by atoms with van der Waals surface area (Å²) in [6, 6.07) is 7.90. The highest BCUT2D eigenvalue weighted by atomic mass is 19.4. The summed E-state index contributed by atoms with van der Waals surface area (Å²) in [5, 5.41) is 0. The zero-order chi connectivity index (χ0) is 24.8. The van der Waals surface area contributed by atoms with Gasteiger partial charge < -0.3 is 19.3 Å². The number of carbonyl (C=O) groups is 2. The molecule has 1 atom stereocenters. The van der Waals surface area contributed by atoms with Crippen molar-refractivity contribution in [2.45, 2.75) is 31.7 Å². The molecule has 4 rings (SSSR count). The molecule has 0 spiro atoms. The summed E-state index contributed by atoms with van der Waals surface area (Å²) < 4.78 is 51.0. The largest absolute Gasteiger partial charge is 0.416 e. The number of benzene rings is 1. The number of hydrogen-bond donors (Lipinski definition) is 0. The number of rotatable bonds is 6. The van der Waals surface area contributed by atoms with E-state index in [0.29, 0.717) is 32.2 Å². The SMILES string of the molecule is O=C1CN(C(=O)c2cccc(C(F)(F)F)c2)CC(OCc2ccncc2)CN1CC1CCOCC1. The van der Waals surface area contributed by atoms with Crippen molar-refractivity contribution in [1.29, 1.82) is 0 Å². The molecule has 0 saturated carbocycles. The normalized spacial score (nSPS) is 20.1. The van der Waals surface area contributed by atoms with Crippen molar-refractivity contribution in [1.82, 2.24) is 14.8 Å². The molecule has 0 N–H and O–H groups in total. The number of aromatic nitrogens is 1. The van der Waals surface area contributed by atoms with Crippen LogP contribution in [-0.4, -0.2) is 72.1 Å². The molecule has 7 nitrogen and oxygen atoms in total. The molecule has 0 bridgehead atoms. The van der Waals surface area contributed by atoms with Crippen molar-refractivity contribution in [3.8, 4) is 0 Å². The first-order chi connectivity index (χ1) is 16.8. The van der Waals surface area contributed by atoms with Gasteiger partial charge in [0.05, 0.1) is 18.3 Å². The highest BCUT2D eigenvalue weighted by Crippen LogP contribution is 2.30. The van der Waals surface area contributed by atoms with Gasteiger partial charge in [-0.2, -0.15) is 13.2 Å². The lowest BCUT2D eigenvalue weighted by Gasteiger charge is -2.30. The van der Waals surface area contributed by atoms with E-state index in [1.54, 1.807) is 17.3 Å². The van der Waals surface area contributed by atoms with Crippen molar-refractivity contribution in [2.75, 3.05) is 39.4 Å². The van der Waals surface area contributed by atoms with Crippen LogP contribution >= 0.6 is 0 Å². The molecule has 2 aliphatic heterocycles. The fraction of sp³-hybridized carbons (Fsp3) is 0.480. The summed E-state index contributed by atoms with van der Waals surface area (Å²) in [7, 11) is 0. The number of amides is 2. The Balaban J connectivity index is 1.52. The van der Waals surface area contributed by atoms with Gasteiger partial charge in [-0.25, -0.2) is 0 Å². The molecular formula is C25H28F3N3O4. The minimum Gasteiger partial charge on any atom is -0.381 e. The van der Waals surface area contributed by atoms with E-state index in [1.807, 2.05) is 12.1 Å². The molecule has 0 radical (unpaired) electrons. The summed E-state index contributed by atoms with van der Waals surface area (Å²) in [5.41, 5.74) is -0.128. The fourth-order valence-corrected chi connectivity index (χ4v) is 4.36. The Morgan fingerprint density at radius 1 is 1.11 bits per heavy atom. The number of alkyl halides is 3. The first kappa shape index (κ1) is 25.1. The molecule has 2 amide bonds. The van der Waals surface area contributed by atoms with Crippen molar-refractivity contribution >= 4 is 11.8 Å². The Labute approximate surface area is 201 Å². The number of hydrogen-bond acceptors (Lipinski definition) is 5. The fourth-order valence-electron chi connectivity index (χ4n) is 4.36. The van der Waals surface area contributed by atoms with Crippen LogP contribution in [0.4, 0.5) is 13.2 Å². The lowest BCUT2D eigenvalue weighted by molar-refractivity contribution is -0.137. The number of carbonyl (C=O) groups excluding carboxylic acids is 2. The third kappa shape index (κ3) is 6.79. The van der Waals surface area contributed by atoms with E-state index in [-0.39, 0.29) is 31.2 Å². The quantitative estimate of drug-likeness (QED) is 0.620. The van der Waals surface area contributed by atoms with Crippen LogP contribution in [0.5, 0.6) is 0 Å². The lowest BCUT2D eigenvalue weighted by atomic mass is 9.99. The summed E-state index contributed by atoms with van der Waals surface area (Å²) in [6.45, 7) is 2.27. The molecule has 3 heterocycles. The van der Waals surface area contributed by atoms with E-state index in [1.165, 1.54) is 17.0 Å². The van der Waals surface area contributed by atoms with Crippen LogP contribution in [0.1, 0.15) is 34.3 Å². The Hall–Kier alpha value is -2.98. The number of halogens is 3. The minimum absolute atomic E-state index is 0.0934. The summed E-state index contributed by atoms with van der Waals surface area (Å²) in [5.74, 6) is -0.582. The average Bonchev–Trinajstić information content (AvgIpc) is 3.01. The van der Waals surface area contributed by atoms with Gasteiger partial charge in [0.1, 0.15) is 6.54 Å². The van der Waals surface area contributed by atoms with E-state index < -0.39 is 23.8 Å². The Morgan fingerprint density at radius 2 is 1.86 bits per heavy atom. The maximum Gasteiger partial charge on any atom is 0.416 e. The minimum atomic E-state index is -4.57. The smallest absolute Gasteiger partial charge is 0.381 e. The second kappa shape index (κ2) is 11.2. The van der Waals surface area contributed by atoms with Gasteiger partial charge in [-0.15, -0.1) is 0 Å². The highest BCUT2D eigenvalue weighted by Gasteiger charge is 2.34. The Bertz CT molecular complexity index is 1010. The standard InChI is InChI=1S/C25H28F3N3O4/c26-25(27,28)21-3-1-2-20(12-21)24(33)31-15-22(35-17-19-4-8-29-9-5-19)14-30(23(32)16-31)13-18-6-10-34-11-7-18/h1-5,8-9,12,18,22H,6-7,10-11,13-17H2. The van der Waals surface area contributed by atoms with Gasteiger partial charge in [-0.1, -0.05) is 6.07 Å². The molecule has 35 heavy (non-hydrogen) atoms. The van der Waals surface area contributed by atoms with Gasteiger partial charge in [0.25, 0.3) is 5.91 Å². The van der Waals surface area contributed by atoms with Crippen molar-refractivity contribution in [3.05, 3.63) is 65.5 Å².